The molecule has 116 valence electrons. The molecule has 0 saturated carbocycles. The van der Waals surface area contributed by atoms with E-state index in [2.05, 4.69) is 10.1 Å². The molecule has 0 aliphatic carbocycles. The Morgan fingerprint density at radius 3 is 2.76 bits per heavy atom. The SMILES string of the molecule is COC(=O)c1ccc(C)c(S(=O)(=O)N2CCNC[C@H]2C)c1. The zero-order valence-corrected chi connectivity index (χ0v) is 13.2. The molecule has 7 heteroatoms. The van der Waals surface area contributed by atoms with Crippen molar-refractivity contribution in [3.63, 3.8) is 0 Å². The third-order valence-electron chi connectivity index (χ3n) is 3.64. The van der Waals surface area contributed by atoms with Crippen molar-refractivity contribution in [3.05, 3.63) is 29.3 Å². The van der Waals surface area contributed by atoms with Crippen LogP contribution >= 0.6 is 0 Å². The van der Waals surface area contributed by atoms with E-state index in [4.69, 9.17) is 0 Å². The van der Waals surface area contributed by atoms with Crippen LogP contribution in [-0.4, -0.2) is 51.5 Å². The molecule has 1 saturated heterocycles. The van der Waals surface area contributed by atoms with Crippen LogP contribution in [0.2, 0.25) is 0 Å². The van der Waals surface area contributed by atoms with Crippen molar-refractivity contribution in [1.29, 1.82) is 0 Å². The summed E-state index contributed by atoms with van der Waals surface area (Å²) in [5.41, 5.74) is 0.859. The van der Waals surface area contributed by atoms with Crippen molar-refractivity contribution in [2.75, 3.05) is 26.7 Å². The molecule has 1 aromatic rings. The minimum atomic E-state index is -3.62. The van der Waals surface area contributed by atoms with Gasteiger partial charge in [-0.1, -0.05) is 6.07 Å². The maximum atomic E-state index is 12.8. The number of sulfonamides is 1. The van der Waals surface area contributed by atoms with Crippen LogP contribution in [0.5, 0.6) is 0 Å². The minimum absolute atomic E-state index is 0.120. The van der Waals surface area contributed by atoms with Crippen LogP contribution in [0.15, 0.2) is 23.1 Å². The third-order valence-corrected chi connectivity index (χ3v) is 5.79. The van der Waals surface area contributed by atoms with Crippen molar-refractivity contribution in [1.82, 2.24) is 9.62 Å². The molecule has 1 N–H and O–H groups in total. The summed E-state index contributed by atoms with van der Waals surface area (Å²) in [5, 5.41) is 3.16. The number of nitrogens with zero attached hydrogens (tertiary/aromatic N) is 1. The predicted molar refractivity (Wildman–Crippen MR) is 78.7 cm³/mol. The van der Waals surface area contributed by atoms with Crippen LogP contribution in [0.25, 0.3) is 0 Å². The van der Waals surface area contributed by atoms with E-state index in [0.717, 1.165) is 0 Å². The van der Waals surface area contributed by atoms with E-state index in [1.807, 2.05) is 6.92 Å². The van der Waals surface area contributed by atoms with Gasteiger partial charge < -0.3 is 10.1 Å². The Balaban J connectivity index is 2.46. The first-order chi connectivity index (χ1) is 9.87. The average Bonchev–Trinajstić information content (AvgIpc) is 2.47. The number of hydrogen-bond donors (Lipinski definition) is 1. The highest BCUT2D eigenvalue weighted by Crippen LogP contribution is 2.24. The number of benzene rings is 1. The highest BCUT2D eigenvalue weighted by Gasteiger charge is 2.32. The first-order valence-electron chi connectivity index (χ1n) is 6.79. The predicted octanol–water partition coefficient (Wildman–Crippen LogP) is 0.764. The normalized spacial score (nSPS) is 20.2. The van der Waals surface area contributed by atoms with Crippen molar-refractivity contribution in [3.8, 4) is 0 Å². The molecule has 0 amide bonds. The lowest BCUT2D eigenvalue weighted by atomic mass is 10.1. The average molecular weight is 312 g/mol. The van der Waals surface area contributed by atoms with Gasteiger partial charge >= 0.3 is 5.97 Å². The van der Waals surface area contributed by atoms with Gasteiger partial charge in [0.15, 0.2) is 0 Å². The summed E-state index contributed by atoms with van der Waals surface area (Å²) >= 11 is 0. The Hall–Kier alpha value is -1.44. The smallest absolute Gasteiger partial charge is 0.337 e. The minimum Gasteiger partial charge on any atom is -0.465 e. The molecule has 0 radical (unpaired) electrons. The fraction of sp³-hybridized carbons (Fsp3) is 0.500. The van der Waals surface area contributed by atoms with Crippen LogP contribution < -0.4 is 5.32 Å². The van der Waals surface area contributed by atoms with Gasteiger partial charge in [0, 0.05) is 25.7 Å². The van der Waals surface area contributed by atoms with Crippen LogP contribution in [0.3, 0.4) is 0 Å². The number of carbonyl (C=O) groups excluding carboxylic acids is 1. The molecule has 21 heavy (non-hydrogen) atoms. The maximum Gasteiger partial charge on any atom is 0.337 e. The van der Waals surface area contributed by atoms with E-state index < -0.39 is 16.0 Å². The highest BCUT2D eigenvalue weighted by molar-refractivity contribution is 7.89. The van der Waals surface area contributed by atoms with Gasteiger partial charge in [0.1, 0.15) is 0 Å². The van der Waals surface area contributed by atoms with E-state index >= 15 is 0 Å². The fourth-order valence-corrected chi connectivity index (χ4v) is 4.31. The number of nitrogens with one attached hydrogen (secondary N) is 1. The van der Waals surface area contributed by atoms with Gasteiger partial charge in [-0.2, -0.15) is 4.31 Å². The number of aryl methyl sites for hydroxylation is 1. The zero-order chi connectivity index (χ0) is 15.6. The van der Waals surface area contributed by atoms with Gasteiger partial charge in [0.2, 0.25) is 10.0 Å². The van der Waals surface area contributed by atoms with Crippen molar-refractivity contribution < 1.29 is 17.9 Å². The molecule has 6 nitrogen and oxygen atoms in total. The topological polar surface area (TPSA) is 75.7 Å². The third kappa shape index (κ3) is 3.09. The molecule has 1 atom stereocenters. The van der Waals surface area contributed by atoms with E-state index in [0.29, 0.717) is 25.2 Å². The largest absolute Gasteiger partial charge is 0.465 e. The van der Waals surface area contributed by atoms with Crippen molar-refractivity contribution in [2.24, 2.45) is 0 Å². The summed E-state index contributed by atoms with van der Waals surface area (Å²) in [6, 6.07) is 4.48. The molecule has 0 spiro atoms. The highest BCUT2D eigenvalue weighted by atomic mass is 32.2. The maximum absolute atomic E-state index is 12.8. The number of rotatable bonds is 3. The van der Waals surface area contributed by atoms with Crippen LogP contribution in [0.4, 0.5) is 0 Å². The molecule has 0 bridgehead atoms. The number of methoxy groups -OCH3 is 1. The molecular formula is C14H20N2O4S. The number of carbonyl (C=O) groups is 1. The van der Waals surface area contributed by atoms with Gasteiger partial charge in [-0.3, -0.25) is 0 Å². The quantitative estimate of drug-likeness (QED) is 0.834. The van der Waals surface area contributed by atoms with E-state index in [1.54, 1.807) is 19.1 Å². The van der Waals surface area contributed by atoms with E-state index in [9.17, 15) is 13.2 Å². The lowest BCUT2D eigenvalue weighted by Crippen LogP contribution is -2.52. The van der Waals surface area contributed by atoms with Gasteiger partial charge in [-0.25, -0.2) is 13.2 Å². The summed E-state index contributed by atoms with van der Waals surface area (Å²) < 4.78 is 31.8. The molecule has 1 aliphatic rings. The Labute approximate surface area is 125 Å². The molecular weight excluding hydrogens is 292 g/mol. The standard InChI is InChI=1S/C14H20N2O4S/c1-10-4-5-12(14(17)20-3)8-13(10)21(18,19)16-7-6-15-9-11(16)2/h4-5,8,11,15H,6-7,9H2,1-3H3/t11-/m1/s1. The number of hydrogen-bond acceptors (Lipinski definition) is 5. The Kier molecular flexibility index (Phi) is 4.65. The summed E-state index contributed by atoms with van der Waals surface area (Å²) in [6.07, 6.45) is 0. The Morgan fingerprint density at radius 1 is 1.43 bits per heavy atom. The second-order valence-electron chi connectivity index (χ2n) is 5.14. The Morgan fingerprint density at radius 2 is 2.14 bits per heavy atom. The lowest BCUT2D eigenvalue weighted by Gasteiger charge is -2.33. The van der Waals surface area contributed by atoms with Gasteiger partial charge in [0.05, 0.1) is 17.6 Å². The second kappa shape index (κ2) is 6.13. The molecule has 0 aromatic heterocycles. The molecule has 0 unspecified atom stereocenters. The molecule has 2 rings (SSSR count). The van der Waals surface area contributed by atoms with Crippen molar-refractivity contribution >= 4 is 16.0 Å². The van der Waals surface area contributed by atoms with Gasteiger partial charge in [-0.15, -0.1) is 0 Å². The summed E-state index contributed by atoms with van der Waals surface area (Å²) in [7, 11) is -2.35. The Bertz CT molecular complexity index is 642. The van der Waals surface area contributed by atoms with E-state index in [-0.39, 0.29) is 16.5 Å². The first kappa shape index (κ1) is 15.9. The summed E-state index contributed by atoms with van der Waals surface area (Å²) in [6.45, 7) is 5.25. The van der Waals surface area contributed by atoms with Gasteiger partial charge in [0.25, 0.3) is 0 Å². The molecule has 1 aromatic carbocycles. The molecule has 1 fully saturated rings. The summed E-state index contributed by atoms with van der Waals surface area (Å²) in [4.78, 5) is 11.8. The monoisotopic (exact) mass is 312 g/mol. The number of piperazine rings is 1. The molecule has 1 aliphatic heterocycles. The van der Waals surface area contributed by atoms with Crippen LogP contribution in [-0.2, 0) is 14.8 Å². The lowest BCUT2D eigenvalue weighted by molar-refractivity contribution is 0.0600. The van der Waals surface area contributed by atoms with Crippen LogP contribution in [0, 0.1) is 6.92 Å². The van der Waals surface area contributed by atoms with E-state index in [1.165, 1.54) is 17.5 Å². The summed E-state index contributed by atoms with van der Waals surface area (Å²) in [5.74, 6) is -0.542. The second-order valence-corrected chi connectivity index (χ2v) is 7.00. The van der Waals surface area contributed by atoms with Crippen molar-refractivity contribution in [2.45, 2.75) is 24.8 Å². The van der Waals surface area contributed by atoms with Crippen LogP contribution in [0.1, 0.15) is 22.8 Å². The fourth-order valence-electron chi connectivity index (χ4n) is 2.43. The number of esters is 1. The molecule has 1 heterocycles. The van der Waals surface area contributed by atoms with Gasteiger partial charge in [-0.05, 0) is 31.5 Å². The number of ether oxygens (including phenoxy) is 1. The first-order valence-corrected chi connectivity index (χ1v) is 8.23. The zero-order valence-electron chi connectivity index (χ0n) is 12.4.